The van der Waals surface area contributed by atoms with Crippen LogP contribution in [0.4, 0.5) is 4.39 Å². The van der Waals surface area contributed by atoms with Gasteiger partial charge in [0.25, 0.3) is 0 Å². The maximum Gasteiger partial charge on any atom is 0.223 e. The second-order valence-corrected chi connectivity index (χ2v) is 5.66. The Morgan fingerprint density at radius 1 is 1.22 bits per heavy atom. The number of aromatic nitrogens is 2. The highest BCUT2D eigenvalue weighted by Gasteiger charge is 2.23. The van der Waals surface area contributed by atoms with Crippen molar-refractivity contribution in [2.75, 3.05) is 5.75 Å². The summed E-state index contributed by atoms with van der Waals surface area (Å²) in [7, 11) is 0. The predicted molar refractivity (Wildman–Crippen MR) is 71.9 cm³/mol. The van der Waals surface area contributed by atoms with E-state index in [0.29, 0.717) is 16.3 Å². The molecule has 1 aromatic heterocycles. The molecule has 0 amide bonds. The van der Waals surface area contributed by atoms with E-state index in [9.17, 15) is 4.39 Å². The molecule has 0 saturated heterocycles. The molecule has 3 rings (SSSR count). The number of rotatable bonds is 1. The minimum Gasteiger partial charge on any atom is -0.222 e. The van der Waals surface area contributed by atoms with Crippen molar-refractivity contribution in [2.24, 2.45) is 0 Å². The molecular formula is C12H7Cl2FN2S. The Hall–Kier alpha value is -0.840. The minimum atomic E-state index is -0.396. The molecular weight excluding hydrogens is 294 g/mol. The molecule has 2 aromatic rings. The lowest BCUT2D eigenvalue weighted by molar-refractivity contribution is 0.630. The van der Waals surface area contributed by atoms with E-state index in [0.717, 1.165) is 22.8 Å². The van der Waals surface area contributed by atoms with Crippen molar-refractivity contribution < 1.29 is 4.39 Å². The van der Waals surface area contributed by atoms with Crippen LogP contribution in [0.15, 0.2) is 23.1 Å². The monoisotopic (exact) mass is 300 g/mol. The Bertz CT molecular complexity index is 613. The topological polar surface area (TPSA) is 25.8 Å². The molecule has 0 unspecified atom stereocenters. The summed E-state index contributed by atoms with van der Waals surface area (Å²) >= 11 is 13.6. The third-order valence-electron chi connectivity index (χ3n) is 2.69. The summed E-state index contributed by atoms with van der Waals surface area (Å²) in [6.45, 7) is 0. The lowest BCUT2D eigenvalue weighted by atomic mass is 10.1. The van der Waals surface area contributed by atoms with E-state index in [1.165, 1.54) is 6.07 Å². The van der Waals surface area contributed by atoms with Crippen LogP contribution in [0.3, 0.4) is 0 Å². The molecule has 0 fully saturated rings. The van der Waals surface area contributed by atoms with E-state index in [1.54, 1.807) is 23.9 Å². The first-order valence-electron chi connectivity index (χ1n) is 5.30. The highest BCUT2D eigenvalue weighted by molar-refractivity contribution is 7.99. The van der Waals surface area contributed by atoms with Crippen molar-refractivity contribution in [3.8, 4) is 11.3 Å². The molecule has 0 spiro atoms. The van der Waals surface area contributed by atoms with Crippen LogP contribution in [-0.4, -0.2) is 15.7 Å². The third-order valence-corrected chi connectivity index (χ3v) is 4.30. The molecule has 0 saturated carbocycles. The van der Waals surface area contributed by atoms with Crippen molar-refractivity contribution in [3.63, 3.8) is 0 Å². The first-order chi connectivity index (χ1) is 8.66. The van der Waals surface area contributed by atoms with Gasteiger partial charge in [-0.15, -0.1) is 11.8 Å². The van der Waals surface area contributed by atoms with Gasteiger partial charge in [-0.25, -0.2) is 14.4 Å². The van der Waals surface area contributed by atoms with Crippen LogP contribution in [0.1, 0.15) is 5.69 Å². The molecule has 0 N–H and O–H groups in total. The van der Waals surface area contributed by atoms with Crippen molar-refractivity contribution >= 4 is 35.0 Å². The molecule has 92 valence electrons. The summed E-state index contributed by atoms with van der Waals surface area (Å²) in [5.41, 5.74) is 1.67. The lowest BCUT2D eigenvalue weighted by Crippen LogP contribution is -1.97. The Labute approximate surface area is 118 Å². The van der Waals surface area contributed by atoms with Gasteiger partial charge in [0, 0.05) is 12.2 Å². The van der Waals surface area contributed by atoms with E-state index in [2.05, 4.69) is 9.97 Å². The van der Waals surface area contributed by atoms with Crippen molar-refractivity contribution in [3.05, 3.63) is 40.0 Å². The van der Waals surface area contributed by atoms with Gasteiger partial charge in [-0.1, -0.05) is 17.7 Å². The fourth-order valence-electron chi connectivity index (χ4n) is 1.93. The number of hydrogen-bond donors (Lipinski definition) is 0. The van der Waals surface area contributed by atoms with Gasteiger partial charge in [0.1, 0.15) is 5.82 Å². The SMILES string of the molecule is Fc1cccc(Cl)c1-c1nc(Cl)nc2c1SCC2. The van der Waals surface area contributed by atoms with Crippen molar-refractivity contribution in [2.45, 2.75) is 11.3 Å². The predicted octanol–water partition coefficient (Wildman–Crippen LogP) is 4.24. The minimum absolute atomic E-state index is 0.130. The molecule has 0 atom stereocenters. The Morgan fingerprint density at radius 2 is 2.06 bits per heavy atom. The average Bonchev–Trinajstić information content (AvgIpc) is 2.76. The number of hydrogen-bond acceptors (Lipinski definition) is 3. The largest absolute Gasteiger partial charge is 0.223 e. The summed E-state index contributed by atoms with van der Waals surface area (Å²) < 4.78 is 13.9. The van der Waals surface area contributed by atoms with Gasteiger partial charge in [-0.05, 0) is 23.7 Å². The maximum atomic E-state index is 13.9. The smallest absolute Gasteiger partial charge is 0.222 e. The fourth-order valence-corrected chi connectivity index (χ4v) is 3.47. The summed E-state index contributed by atoms with van der Waals surface area (Å²) in [5.74, 6) is 0.510. The molecule has 6 heteroatoms. The Kier molecular flexibility index (Phi) is 3.18. The van der Waals surface area contributed by atoms with E-state index in [-0.39, 0.29) is 5.28 Å². The molecule has 1 aliphatic rings. The number of fused-ring (bicyclic) bond motifs is 1. The number of aryl methyl sites for hydroxylation is 1. The molecule has 18 heavy (non-hydrogen) atoms. The molecule has 1 aliphatic heterocycles. The molecule has 0 bridgehead atoms. The summed E-state index contributed by atoms with van der Waals surface area (Å²) in [4.78, 5) is 9.19. The maximum absolute atomic E-state index is 13.9. The van der Waals surface area contributed by atoms with Crippen molar-refractivity contribution in [1.82, 2.24) is 9.97 Å². The van der Waals surface area contributed by atoms with Crippen LogP contribution in [0.2, 0.25) is 10.3 Å². The van der Waals surface area contributed by atoms with Gasteiger partial charge >= 0.3 is 0 Å². The molecule has 2 nitrogen and oxygen atoms in total. The lowest BCUT2D eigenvalue weighted by Gasteiger charge is -2.09. The summed E-state index contributed by atoms with van der Waals surface area (Å²) in [6, 6.07) is 4.57. The molecule has 1 aromatic carbocycles. The normalized spacial score (nSPS) is 13.7. The highest BCUT2D eigenvalue weighted by atomic mass is 35.5. The second kappa shape index (κ2) is 4.68. The van der Waals surface area contributed by atoms with Crippen LogP contribution in [-0.2, 0) is 6.42 Å². The first kappa shape index (κ1) is 12.2. The zero-order valence-corrected chi connectivity index (χ0v) is 11.4. The second-order valence-electron chi connectivity index (χ2n) is 3.81. The zero-order valence-electron chi connectivity index (χ0n) is 9.08. The van der Waals surface area contributed by atoms with Gasteiger partial charge in [0.15, 0.2) is 0 Å². The molecule has 0 aliphatic carbocycles. The van der Waals surface area contributed by atoms with Crippen LogP contribution < -0.4 is 0 Å². The number of nitrogens with zero attached hydrogens (tertiary/aromatic N) is 2. The highest BCUT2D eigenvalue weighted by Crippen LogP contribution is 2.41. The number of thioether (sulfide) groups is 1. The average molecular weight is 301 g/mol. The zero-order chi connectivity index (χ0) is 12.7. The quantitative estimate of drug-likeness (QED) is 0.737. The molecule has 2 heterocycles. The van der Waals surface area contributed by atoms with Crippen LogP contribution in [0, 0.1) is 5.82 Å². The summed E-state index contributed by atoms with van der Waals surface area (Å²) in [5, 5.41) is 0.463. The number of benzene rings is 1. The fraction of sp³-hybridized carbons (Fsp3) is 0.167. The van der Waals surface area contributed by atoms with Crippen LogP contribution >= 0.6 is 35.0 Å². The Morgan fingerprint density at radius 3 is 2.83 bits per heavy atom. The van der Waals surface area contributed by atoms with E-state index < -0.39 is 5.82 Å². The van der Waals surface area contributed by atoms with Gasteiger partial charge < -0.3 is 0 Å². The van der Waals surface area contributed by atoms with Crippen molar-refractivity contribution in [1.29, 1.82) is 0 Å². The van der Waals surface area contributed by atoms with E-state index >= 15 is 0 Å². The number of halogens is 3. The summed E-state index contributed by atoms with van der Waals surface area (Å²) in [6.07, 6.45) is 0.821. The van der Waals surface area contributed by atoms with Crippen LogP contribution in [0.25, 0.3) is 11.3 Å². The Balaban J connectivity index is 2.30. The molecule has 0 radical (unpaired) electrons. The van der Waals surface area contributed by atoms with Gasteiger partial charge in [-0.3, -0.25) is 0 Å². The standard InChI is InChI=1S/C12H7Cl2FN2S/c13-6-2-1-3-7(15)9(6)10-11-8(4-5-18-11)16-12(14)17-10/h1-3H,4-5H2. The van der Waals surface area contributed by atoms with Crippen LogP contribution in [0.5, 0.6) is 0 Å². The first-order valence-corrected chi connectivity index (χ1v) is 7.04. The van der Waals surface area contributed by atoms with E-state index in [4.69, 9.17) is 23.2 Å². The van der Waals surface area contributed by atoms with Gasteiger partial charge in [0.05, 0.1) is 26.9 Å². The van der Waals surface area contributed by atoms with Gasteiger partial charge in [-0.2, -0.15) is 0 Å². The van der Waals surface area contributed by atoms with E-state index in [1.807, 2.05) is 0 Å². The van der Waals surface area contributed by atoms with Gasteiger partial charge in [0.2, 0.25) is 5.28 Å². The third kappa shape index (κ3) is 1.98.